The van der Waals surface area contributed by atoms with Crippen LogP contribution in [0.1, 0.15) is 26.2 Å². The third-order valence-corrected chi connectivity index (χ3v) is 3.78. The highest BCUT2D eigenvalue weighted by molar-refractivity contribution is 5.85. The summed E-state index contributed by atoms with van der Waals surface area (Å²) in [4.78, 5) is 14.4. The van der Waals surface area contributed by atoms with E-state index in [4.69, 9.17) is 10.5 Å². The van der Waals surface area contributed by atoms with Crippen molar-refractivity contribution in [3.8, 4) is 5.75 Å². The van der Waals surface area contributed by atoms with Crippen molar-refractivity contribution >= 4 is 11.6 Å². The smallest absolute Gasteiger partial charge is 0.242 e. The molecule has 1 atom stereocenters. The third kappa shape index (κ3) is 4.36. The van der Waals surface area contributed by atoms with Gasteiger partial charge in [-0.3, -0.25) is 4.79 Å². The Labute approximate surface area is 126 Å². The molecule has 1 fully saturated rings. The van der Waals surface area contributed by atoms with Gasteiger partial charge in [0, 0.05) is 18.3 Å². The van der Waals surface area contributed by atoms with Gasteiger partial charge in [0.15, 0.2) is 0 Å². The number of amides is 1. The first-order chi connectivity index (χ1) is 10.2. The van der Waals surface area contributed by atoms with Crippen molar-refractivity contribution in [3.63, 3.8) is 0 Å². The summed E-state index contributed by atoms with van der Waals surface area (Å²) in [6.07, 6.45) is 3.06. The number of methoxy groups -OCH3 is 1. The first-order valence-corrected chi connectivity index (χ1v) is 7.57. The van der Waals surface area contributed by atoms with Gasteiger partial charge in [-0.2, -0.15) is 0 Å². The van der Waals surface area contributed by atoms with E-state index in [2.05, 4.69) is 10.2 Å². The van der Waals surface area contributed by atoms with Gasteiger partial charge in [0.25, 0.3) is 0 Å². The average molecular weight is 291 g/mol. The Morgan fingerprint density at radius 3 is 2.62 bits per heavy atom. The molecule has 5 nitrogen and oxygen atoms in total. The van der Waals surface area contributed by atoms with Gasteiger partial charge in [0.1, 0.15) is 11.8 Å². The number of benzene rings is 1. The Balaban J connectivity index is 2.08. The number of carbonyl (C=O) groups excluding carboxylic acids is 1. The predicted molar refractivity (Wildman–Crippen MR) is 84.6 cm³/mol. The zero-order valence-corrected chi connectivity index (χ0v) is 12.8. The molecule has 1 aliphatic rings. The highest BCUT2D eigenvalue weighted by atomic mass is 16.5. The van der Waals surface area contributed by atoms with Crippen LogP contribution in [0.4, 0.5) is 5.69 Å². The Kier molecular flexibility index (Phi) is 5.44. The fourth-order valence-corrected chi connectivity index (χ4v) is 2.27. The zero-order chi connectivity index (χ0) is 15.2. The highest BCUT2D eigenvalue weighted by Gasteiger charge is 2.28. The highest BCUT2D eigenvalue weighted by Crippen LogP contribution is 2.23. The maximum absolute atomic E-state index is 12.3. The lowest BCUT2D eigenvalue weighted by atomic mass is 10.2. The molecule has 116 valence electrons. The largest absolute Gasteiger partial charge is 0.497 e. The Morgan fingerprint density at radius 2 is 2.10 bits per heavy atom. The van der Waals surface area contributed by atoms with Crippen LogP contribution in [0.2, 0.25) is 0 Å². The number of ether oxygens (including phenoxy) is 1. The first-order valence-electron chi connectivity index (χ1n) is 7.57. The van der Waals surface area contributed by atoms with Crippen molar-refractivity contribution in [3.05, 3.63) is 24.3 Å². The number of nitrogens with zero attached hydrogens (tertiary/aromatic N) is 1. The van der Waals surface area contributed by atoms with E-state index in [1.54, 1.807) is 7.11 Å². The second kappa shape index (κ2) is 7.31. The van der Waals surface area contributed by atoms with E-state index in [0.29, 0.717) is 12.6 Å². The normalized spacial score (nSPS) is 15.4. The molecule has 2 rings (SSSR count). The van der Waals surface area contributed by atoms with Gasteiger partial charge in [-0.15, -0.1) is 0 Å². The first kappa shape index (κ1) is 15.6. The number of hydrogen-bond acceptors (Lipinski definition) is 4. The molecule has 0 radical (unpaired) electrons. The van der Waals surface area contributed by atoms with Crippen LogP contribution in [0, 0.1) is 0 Å². The molecule has 0 aliphatic heterocycles. The molecule has 1 saturated carbocycles. The van der Waals surface area contributed by atoms with Crippen molar-refractivity contribution in [2.45, 2.75) is 38.3 Å². The molecule has 1 aromatic rings. The van der Waals surface area contributed by atoms with Gasteiger partial charge in [0.2, 0.25) is 5.91 Å². The number of rotatable bonds is 8. The molecule has 5 heteroatoms. The van der Waals surface area contributed by atoms with Gasteiger partial charge in [-0.05, 0) is 57.0 Å². The van der Waals surface area contributed by atoms with Crippen LogP contribution in [0.5, 0.6) is 5.75 Å². The van der Waals surface area contributed by atoms with Crippen molar-refractivity contribution < 1.29 is 9.53 Å². The maximum Gasteiger partial charge on any atom is 0.242 e. The van der Waals surface area contributed by atoms with Gasteiger partial charge in [-0.1, -0.05) is 0 Å². The number of hydrogen-bond donors (Lipinski definition) is 2. The molecule has 1 aliphatic carbocycles. The van der Waals surface area contributed by atoms with E-state index < -0.39 is 0 Å². The van der Waals surface area contributed by atoms with E-state index >= 15 is 0 Å². The van der Waals surface area contributed by atoms with Gasteiger partial charge in [0.05, 0.1) is 7.11 Å². The molecule has 1 unspecified atom stereocenters. The van der Waals surface area contributed by atoms with Crippen LogP contribution >= 0.6 is 0 Å². The number of nitrogens with two attached hydrogens (primary N) is 1. The number of anilines is 1. The van der Waals surface area contributed by atoms with Crippen molar-refractivity contribution in [1.29, 1.82) is 0 Å². The zero-order valence-electron chi connectivity index (χ0n) is 12.8. The molecule has 0 aromatic heterocycles. The maximum atomic E-state index is 12.3. The topological polar surface area (TPSA) is 67.6 Å². The molecule has 0 saturated heterocycles. The van der Waals surface area contributed by atoms with Crippen molar-refractivity contribution in [1.82, 2.24) is 5.32 Å². The van der Waals surface area contributed by atoms with Gasteiger partial charge < -0.3 is 20.7 Å². The summed E-state index contributed by atoms with van der Waals surface area (Å²) in [5.74, 6) is 0.901. The molecular formula is C16H25N3O2. The minimum atomic E-state index is -0.203. The third-order valence-electron chi connectivity index (χ3n) is 3.78. The molecule has 0 heterocycles. The Bertz CT molecular complexity index is 457. The van der Waals surface area contributed by atoms with Crippen LogP contribution in [0.15, 0.2) is 24.3 Å². The summed E-state index contributed by atoms with van der Waals surface area (Å²) in [6.45, 7) is 3.32. The Morgan fingerprint density at radius 1 is 1.43 bits per heavy atom. The summed E-state index contributed by atoms with van der Waals surface area (Å²) in [7, 11) is 1.65. The van der Waals surface area contributed by atoms with Crippen LogP contribution in [0.25, 0.3) is 0 Å². The van der Waals surface area contributed by atoms with Gasteiger partial charge >= 0.3 is 0 Å². The van der Waals surface area contributed by atoms with E-state index in [-0.39, 0.29) is 11.9 Å². The second-order valence-corrected chi connectivity index (χ2v) is 5.49. The fourth-order valence-electron chi connectivity index (χ4n) is 2.27. The van der Waals surface area contributed by atoms with Crippen LogP contribution in [0.3, 0.4) is 0 Å². The van der Waals surface area contributed by atoms with E-state index in [1.807, 2.05) is 31.2 Å². The Hall–Kier alpha value is -1.75. The standard InChI is InChI=1S/C16H25N3O2/c1-12(16(20)18-13-4-5-13)19(11-3-10-17)14-6-8-15(21-2)9-7-14/h6-9,12-13H,3-5,10-11,17H2,1-2H3,(H,18,20). The monoisotopic (exact) mass is 291 g/mol. The summed E-state index contributed by atoms with van der Waals surface area (Å²) < 4.78 is 5.18. The molecule has 1 aromatic carbocycles. The lowest BCUT2D eigenvalue weighted by Gasteiger charge is -2.30. The number of nitrogens with one attached hydrogen (secondary N) is 1. The molecular weight excluding hydrogens is 266 g/mol. The van der Waals surface area contributed by atoms with Gasteiger partial charge in [-0.25, -0.2) is 0 Å². The summed E-state index contributed by atoms with van der Waals surface area (Å²) in [5, 5.41) is 3.07. The average Bonchev–Trinajstić information content (AvgIpc) is 3.32. The van der Waals surface area contributed by atoms with E-state index in [1.165, 1.54) is 0 Å². The minimum absolute atomic E-state index is 0.0883. The lowest BCUT2D eigenvalue weighted by molar-refractivity contribution is -0.122. The van der Waals surface area contributed by atoms with Crippen LogP contribution in [-0.4, -0.2) is 38.2 Å². The van der Waals surface area contributed by atoms with Crippen molar-refractivity contribution in [2.24, 2.45) is 5.73 Å². The molecule has 1 amide bonds. The van der Waals surface area contributed by atoms with E-state index in [9.17, 15) is 4.79 Å². The van der Waals surface area contributed by atoms with Crippen molar-refractivity contribution in [2.75, 3.05) is 25.1 Å². The lowest BCUT2D eigenvalue weighted by Crippen LogP contribution is -2.46. The van der Waals surface area contributed by atoms with Crippen LogP contribution in [-0.2, 0) is 4.79 Å². The predicted octanol–water partition coefficient (Wildman–Crippen LogP) is 1.52. The molecule has 0 spiro atoms. The SMILES string of the molecule is COc1ccc(N(CCCN)C(C)C(=O)NC2CC2)cc1. The molecule has 21 heavy (non-hydrogen) atoms. The quantitative estimate of drug-likeness (QED) is 0.762. The summed E-state index contributed by atoms with van der Waals surface area (Å²) >= 11 is 0. The fraction of sp³-hybridized carbons (Fsp3) is 0.562. The second-order valence-electron chi connectivity index (χ2n) is 5.49. The minimum Gasteiger partial charge on any atom is -0.497 e. The summed E-state index contributed by atoms with van der Waals surface area (Å²) in [6, 6.07) is 7.97. The van der Waals surface area contributed by atoms with E-state index in [0.717, 1.165) is 37.2 Å². The summed E-state index contributed by atoms with van der Waals surface area (Å²) in [5.41, 5.74) is 6.64. The molecule has 3 N–H and O–H groups in total. The van der Waals surface area contributed by atoms with Crippen LogP contribution < -0.4 is 20.7 Å². The number of carbonyl (C=O) groups is 1. The molecule has 0 bridgehead atoms.